The highest BCUT2D eigenvalue weighted by Crippen LogP contribution is 2.08. The average Bonchev–Trinajstić information content (AvgIpc) is 2.69. The summed E-state index contributed by atoms with van der Waals surface area (Å²) in [4.78, 5) is 2.48. The van der Waals surface area contributed by atoms with Crippen LogP contribution in [0.15, 0.2) is 0 Å². The second kappa shape index (κ2) is 9.58. The van der Waals surface area contributed by atoms with E-state index in [1.165, 1.54) is 0 Å². The zero-order valence-electron chi connectivity index (χ0n) is 12.3. The van der Waals surface area contributed by atoms with Crippen molar-refractivity contribution in [3.05, 3.63) is 11.6 Å². The lowest BCUT2D eigenvalue weighted by molar-refractivity contribution is 0.0374. The molecule has 1 N–H and O–H groups in total. The first-order chi connectivity index (χ1) is 9.43. The number of hydrogen-bond donors (Lipinski definition) is 1. The van der Waals surface area contributed by atoms with Gasteiger partial charge < -0.3 is 14.6 Å². The number of aromatic nitrogens is 3. The maximum Gasteiger partial charge on any atom is 0.134 e. The van der Waals surface area contributed by atoms with E-state index < -0.39 is 0 Å². The summed E-state index contributed by atoms with van der Waals surface area (Å²) in [5, 5.41) is 12.1. The third-order valence-corrected chi connectivity index (χ3v) is 3.92. The summed E-state index contributed by atoms with van der Waals surface area (Å²) >= 11 is 0. The molecule has 0 atom stereocenters. The monoisotopic (exact) mass is 337 g/mol. The topological polar surface area (TPSA) is 55.2 Å². The van der Waals surface area contributed by atoms with Gasteiger partial charge in [-0.15, -0.1) is 35.0 Å². The molecule has 0 aliphatic carbocycles. The SMILES string of the molecule is C(Cc1nnc2n1CCNCC2)CN1CCOCC1.Cl.Cl. The molecule has 0 unspecified atom stereocenters. The molecule has 0 amide bonds. The Hall–Kier alpha value is -0.400. The average molecular weight is 338 g/mol. The fourth-order valence-corrected chi connectivity index (χ4v) is 2.80. The Morgan fingerprint density at radius 1 is 1.05 bits per heavy atom. The summed E-state index contributed by atoms with van der Waals surface area (Å²) in [5.74, 6) is 2.30. The molecule has 3 rings (SSSR count). The van der Waals surface area contributed by atoms with Gasteiger partial charge in [0.2, 0.25) is 0 Å². The number of rotatable bonds is 4. The Balaban J connectivity index is 0.00000110. The van der Waals surface area contributed by atoms with Crippen molar-refractivity contribution in [2.75, 3.05) is 45.9 Å². The van der Waals surface area contributed by atoms with Crippen molar-refractivity contribution in [3.8, 4) is 0 Å². The van der Waals surface area contributed by atoms with Crippen LogP contribution in [-0.4, -0.2) is 65.6 Å². The molecule has 1 aromatic rings. The highest BCUT2D eigenvalue weighted by Gasteiger charge is 2.15. The number of fused-ring (bicyclic) bond motifs is 1. The van der Waals surface area contributed by atoms with E-state index in [-0.39, 0.29) is 24.8 Å². The summed E-state index contributed by atoms with van der Waals surface area (Å²) in [5.41, 5.74) is 0. The highest BCUT2D eigenvalue weighted by atomic mass is 35.5. The number of hydrogen-bond acceptors (Lipinski definition) is 5. The number of aryl methyl sites for hydroxylation is 1. The van der Waals surface area contributed by atoms with Crippen LogP contribution in [0, 0.1) is 0 Å². The molecule has 0 aromatic carbocycles. The lowest BCUT2D eigenvalue weighted by Crippen LogP contribution is -2.37. The van der Waals surface area contributed by atoms with Crippen molar-refractivity contribution >= 4 is 24.8 Å². The smallest absolute Gasteiger partial charge is 0.134 e. The molecule has 3 heterocycles. The number of nitrogens with one attached hydrogen (secondary N) is 1. The van der Waals surface area contributed by atoms with Crippen LogP contribution in [0.2, 0.25) is 0 Å². The van der Waals surface area contributed by atoms with Gasteiger partial charge in [0.05, 0.1) is 13.2 Å². The van der Waals surface area contributed by atoms with Crippen LogP contribution in [0.5, 0.6) is 0 Å². The second-order valence-electron chi connectivity index (χ2n) is 5.24. The standard InChI is InChI=1S/C13H23N5O.2ClH/c1(6-17-8-10-19-11-9-17)2-12-15-16-13-3-4-14-5-7-18(12)13;;/h14H,1-11H2;2*1H. The van der Waals surface area contributed by atoms with E-state index in [0.29, 0.717) is 0 Å². The van der Waals surface area contributed by atoms with Gasteiger partial charge in [0.15, 0.2) is 0 Å². The molecule has 2 aliphatic rings. The zero-order chi connectivity index (χ0) is 12.9. The fraction of sp³-hybridized carbons (Fsp3) is 0.846. The van der Waals surface area contributed by atoms with Crippen molar-refractivity contribution in [1.29, 1.82) is 0 Å². The van der Waals surface area contributed by atoms with Crippen LogP contribution in [0.3, 0.4) is 0 Å². The van der Waals surface area contributed by atoms with Gasteiger partial charge in [-0.25, -0.2) is 0 Å². The van der Waals surface area contributed by atoms with Gasteiger partial charge in [0, 0.05) is 45.6 Å². The summed E-state index contributed by atoms with van der Waals surface area (Å²) in [7, 11) is 0. The van der Waals surface area contributed by atoms with Crippen molar-refractivity contribution < 1.29 is 4.74 Å². The second-order valence-corrected chi connectivity index (χ2v) is 5.24. The minimum atomic E-state index is 0. The Morgan fingerprint density at radius 2 is 1.86 bits per heavy atom. The molecule has 8 heteroatoms. The maximum absolute atomic E-state index is 5.37. The van der Waals surface area contributed by atoms with Gasteiger partial charge >= 0.3 is 0 Å². The summed E-state index contributed by atoms with van der Waals surface area (Å²) in [6, 6.07) is 0. The first-order valence-corrected chi connectivity index (χ1v) is 7.35. The van der Waals surface area contributed by atoms with E-state index in [4.69, 9.17) is 4.74 Å². The van der Waals surface area contributed by atoms with Crippen LogP contribution in [0.25, 0.3) is 0 Å². The van der Waals surface area contributed by atoms with E-state index in [1.54, 1.807) is 0 Å². The lowest BCUT2D eigenvalue weighted by atomic mass is 10.2. The number of ether oxygens (including phenoxy) is 1. The van der Waals surface area contributed by atoms with Crippen LogP contribution in [0.1, 0.15) is 18.1 Å². The van der Waals surface area contributed by atoms with Crippen LogP contribution in [-0.2, 0) is 24.1 Å². The van der Waals surface area contributed by atoms with Crippen LogP contribution in [0.4, 0.5) is 0 Å². The fourth-order valence-electron chi connectivity index (χ4n) is 2.80. The Labute approximate surface area is 138 Å². The molecule has 6 nitrogen and oxygen atoms in total. The summed E-state index contributed by atoms with van der Waals surface area (Å²) < 4.78 is 7.67. The van der Waals surface area contributed by atoms with Gasteiger partial charge in [-0.1, -0.05) is 0 Å². The minimum Gasteiger partial charge on any atom is -0.379 e. The van der Waals surface area contributed by atoms with E-state index in [0.717, 1.165) is 83.4 Å². The number of halogens is 2. The van der Waals surface area contributed by atoms with E-state index in [9.17, 15) is 0 Å². The molecule has 2 aliphatic heterocycles. The van der Waals surface area contributed by atoms with Crippen molar-refractivity contribution in [2.45, 2.75) is 25.8 Å². The quantitative estimate of drug-likeness (QED) is 0.868. The molecule has 1 fully saturated rings. The van der Waals surface area contributed by atoms with Gasteiger partial charge in [-0.05, 0) is 13.0 Å². The molecule has 0 saturated carbocycles. The summed E-state index contributed by atoms with van der Waals surface area (Å²) in [6.45, 7) is 8.11. The third-order valence-electron chi connectivity index (χ3n) is 3.92. The molecule has 21 heavy (non-hydrogen) atoms. The molecule has 0 spiro atoms. The largest absolute Gasteiger partial charge is 0.379 e. The highest BCUT2D eigenvalue weighted by molar-refractivity contribution is 5.85. The van der Waals surface area contributed by atoms with E-state index in [1.807, 2.05) is 0 Å². The molecule has 0 bridgehead atoms. The summed E-state index contributed by atoms with van der Waals surface area (Å²) in [6.07, 6.45) is 3.19. The maximum atomic E-state index is 5.37. The predicted octanol–water partition coefficient (Wildman–Crippen LogP) is 0.532. The lowest BCUT2D eigenvalue weighted by Gasteiger charge is -2.26. The zero-order valence-corrected chi connectivity index (χ0v) is 13.9. The van der Waals surface area contributed by atoms with Gasteiger partial charge in [0.1, 0.15) is 11.6 Å². The first-order valence-electron chi connectivity index (χ1n) is 7.35. The van der Waals surface area contributed by atoms with Crippen LogP contribution >= 0.6 is 24.8 Å². The Bertz CT molecular complexity index is 409. The van der Waals surface area contributed by atoms with Crippen molar-refractivity contribution in [3.63, 3.8) is 0 Å². The Kier molecular flexibility index (Phi) is 8.51. The van der Waals surface area contributed by atoms with Crippen molar-refractivity contribution in [1.82, 2.24) is 25.0 Å². The molecular formula is C13H25Cl2N5O. The normalized spacial score (nSPS) is 19.0. The van der Waals surface area contributed by atoms with Gasteiger partial charge in [0.25, 0.3) is 0 Å². The minimum absolute atomic E-state index is 0. The van der Waals surface area contributed by atoms with Gasteiger partial charge in [-0.3, -0.25) is 4.90 Å². The molecule has 1 aromatic heterocycles. The number of nitrogens with zero attached hydrogens (tertiary/aromatic N) is 4. The van der Waals surface area contributed by atoms with Crippen molar-refractivity contribution in [2.24, 2.45) is 0 Å². The van der Waals surface area contributed by atoms with E-state index in [2.05, 4.69) is 25.0 Å². The molecular weight excluding hydrogens is 313 g/mol. The third kappa shape index (κ3) is 5.07. The molecule has 122 valence electrons. The predicted molar refractivity (Wildman–Crippen MR) is 86.7 cm³/mol. The molecule has 0 radical (unpaired) electrons. The first kappa shape index (κ1) is 18.6. The van der Waals surface area contributed by atoms with Gasteiger partial charge in [-0.2, -0.15) is 0 Å². The number of morpholine rings is 1. The van der Waals surface area contributed by atoms with E-state index >= 15 is 0 Å². The van der Waals surface area contributed by atoms with Crippen LogP contribution < -0.4 is 5.32 Å². The molecule has 1 saturated heterocycles. The Morgan fingerprint density at radius 3 is 2.67 bits per heavy atom.